The SMILES string of the molecule is CCC(=O)Oc1c(C)c(C)c2c(c1C)CCC(C)(c1ccc[c]c1OC)O2. The Kier molecular flexibility index (Phi) is 5.18. The van der Waals surface area contributed by atoms with E-state index in [1.165, 1.54) is 0 Å². The Balaban J connectivity index is 2.07. The van der Waals surface area contributed by atoms with Crippen LogP contribution in [0.15, 0.2) is 18.2 Å². The number of carbonyl (C=O) groups excluding carboxylic acids is 1. The molecule has 0 spiro atoms. The molecule has 2 aromatic carbocycles. The van der Waals surface area contributed by atoms with Gasteiger partial charge in [0, 0.05) is 23.6 Å². The Labute approximate surface area is 161 Å². The molecule has 1 unspecified atom stereocenters. The zero-order valence-corrected chi connectivity index (χ0v) is 17.0. The van der Waals surface area contributed by atoms with E-state index in [-0.39, 0.29) is 5.97 Å². The van der Waals surface area contributed by atoms with E-state index in [2.05, 4.69) is 13.0 Å². The van der Waals surface area contributed by atoms with E-state index in [4.69, 9.17) is 14.2 Å². The molecule has 1 radical (unpaired) electrons. The zero-order chi connectivity index (χ0) is 19.8. The lowest BCUT2D eigenvalue weighted by Crippen LogP contribution is -2.35. The lowest BCUT2D eigenvalue weighted by molar-refractivity contribution is -0.134. The number of ether oxygens (including phenoxy) is 3. The van der Waals surface area contributed by atoms with Gasteiger partial charge >= 0.3 is 5.97 Å². The highest BCUT2D eigenvalue weighted by molar-refractivity contribution is 5.74. The van der Waals surface area contributed by atoms with Gasteiger partial charge in [0.05, 0.1) is 7.11 Å². The highest BCUT2D eigenvalue weighted by Gasteiger charge is 2.38. The topological polar surface area (TPSA) is 44.8 Å². The van der Waals surface area contributed by atoms with Gasteiger partial charge in [-0.3, -0.25) is 4.79 Å². The van der Waals surface area contributed by atoms with Crippen molar-refractivity contribution >= 4 is 5.97 Å². The van der Waals surface area contributed by atoms with E-state index in [0.717, 1.165) is 46.4 Å². The van der Waals surface area contributed by atoms with Crippen molar-refractivity contribution in [3.8, 4) is 17.2 Å². The second-order valence-electron chi connectivity index (χ2n) is 7.29. The number of fused-ring (bicyclic) bond motifs is 1. The lowest BCUT2D eigenvalue weighted by Gasteiger charge is -2.39. The number of rotatable bonds is 4. The normalized spacial score (nSPS) is 18.4. The van der Waals surface area contributed by atoms with E-state index in [0.29, 0.717) is 17.9 Å². The van der Waals surface area contributed by atoms with E-state index in [9.17, 15) is 4.79 Å². The number of methoxy groups -OCH3 is 1. The summed E-state index contributed by atoms with van der Waals surface area (Å²) < 4.78 is 17.7. The predicted molar refractivity (Wildman–Crippen MR) is 105 cm³/mol. The fraction of sp³-hybridized carbons (Fsp3) is 0.435. The van der Waals surface area contributed by atoms with Crippen molar-refractivity contribution in [2.75, 3.05) is 7.11 Å². The van der Waals surface area contributed by atoms with E-state index < -0.39 is 5.60 Å². The molecule has 4 nitrogen and oxygen atoms in total. The first-order valence-corrected chi connectivity index (χ1v) is 9.39. The van der Waals surface area contributed by atoms with Crippen molar-refractivity contribution in [1.29, 1.82) is 0 Å². The Morgan fingerprint density at radius 1 is 1.26 bits per heavy atom. The fourth-order valence-corrected chi connectivity index (χ4v) is 3.77. The van der Waals surface area contributed by atoms with E-state index >= 15 is 0 Å². The minimum Gasteiger partial charge on any atom is -0.496 e. The number of carbonyl (C=O) groups is 1. The standard InChI is InChI=1S/C23H27O4/c1-7-20(24)26-21-14(2)15(3)22-17(16(21)4)12-13-23(5,27-22)18-10-8-9-11-19(18)25-6/h8-10H,7,12-13H2,1-6H3. The molecule has 1 aliphatic heterocycles. The monoisotopic (exact) mass is 367 g/mol. The summed E-state index contributed by atoms with van der Waals surface area (Å²) in [5, 5.41) is 0. The molecule has 143 valence electrons. The maximum absolute atomic E-state index is 11.9. The first kappa shape index (κ1) is 19.3. The summed E-state index contributed by atoms with van der Waals surface area (Å²) in [5.41, 5.74) is 4.57. The molecule has 0 aliphatic carbocycles. The average molecular weight is 367 g/mol. The Morgan fingerprint density at radius 3 is 2.67 bits per heavy atom. The van der Waals surface area contributed by atoms with Gasteiger partial charge in [0.15, 0.2) is 0 Å². The van der Waals surface area contributed by atoms with Crippen LogP contribution in [0.1, 0.15) is 54.5 Å². The number of benzene rings is 2. The van der Waals surface area contributed by atoms with Gasteiger partial charge in [-0.2, -0.15) is 0 Å². The van der Waals surface area contributed by atoms with Crippen LogP contribution >= 0.6 is 0 Å². The van der Waals surface area contributed by atoms with Gasteiger partial charge in [-0.1, -0.05) is 25.1 Å². The summed E-state index contributed by atoms with van der Waals surface area (Å²) in [6, 6.07) is 8.98. The van der Waals surface area contributed by atoms with Gasteiger partial charge in [-0.05, 0) is 57.2 Å². The van der Waals surface area contributed by atoms with Crippen LogP contribution in [-0.4, -0.2) is 13.1 Å². The molecular formula is C23H27O4. The molecule has 0 amide bonds. The average Bonchev–Trinajstić information content (AvgIpc) is 2.69. The minimum absolute atomic E-state index is 0.216. The molecule has 4 heteroatoms. The van der Waals surface area contributed by atoms with Gasteiger partial charge in [0.1, 0.15) is 22.8 Å². The molecule has 2 aromatic rings. The Bertz CT molecular complexity index is 884. The fourth-order valence-electron chi connectivity index (χ4n) is 3.77. The highest BCUT2D eigenvalue weighted by Crippen LogP contribution is 2.48. The van der Waals surface area contributed by atoms with Crippen LogP contribution < -0.4 is 14.2 Å². The largest absolute Gasteiger partial charge is 0.496 e. The highest BCUT2D eigenvalue weighted by atomic mass is 16.5. The van der Waals surface area contributed by atoms with Crippen LogP contribution in [0.25, 0.3) is 0 Å². The number of hydrogen-bond donors (Lipinski definition) is 0. The number of para-hydroxylation sites is 1. The molecule has 0 saturated heterocycles. The maximum Gasteiger partial charge on any atom is 0.310 e. The van der Waals surface area contributed by atoms with Crippen molar-refractivity contribution in [2.24, 2.45) is 0 Å². The van der Waals surface area contributed by atoms with Gasteiger partial charge < -0.3 is 14.2 Å². The summed E-state index contributed by atoms with van der Waals surface area (Å²) in [7, 11) is 1.66. The van der Waals surface area contributed by atoms with Crippen molar-refractivity contribution in [1.82, 2.24) is 0 Å². The molecule has 27 heavy (non-hydrogen) atoms. The maximum atomic E-state index is 11.9. The van der Waals surface area contributed by atoms with Gasteiger partial charge in [0.2, 0.25) is 0 Å². The summed E-state index contributed by atoms with van der Waals surface area (Å²) in [5.74, 6) is 2.06. The number of esters is 1. The second-order valence-corrected chi connectivity index (χ2v) is 7.29. The molecule has 0 saturated carbocycles. The van der Waals surface area contributed by atoms with Crippen LogP contribution in [0, 0.1) is 26.8 Å². The molecule has 1 aliphatic rings. The van der Waals surface area contributed by atoms with Crippen molar-refractivity contribution in [2.45, 2.75) is 59.5 Å². The molecule has 1 heterocycles. The van der Waals surface area contributed by atoms with Gasteiger partial charge in [-0.15, -0.1) is 0 Å². The summed E-state index contributed by atoms with van der Waals surface area (Å²) in [4.78, 5) is 11.9. The molecule has 0 N–H and O–H groups in total. The van der Waals surface area contributed by atoms with Crippen molar-refractivity contribution < 1.29 is 19.0 Å². The first-order valence-electron chi connectivity index (χ1n) is 9.39. The second kappa shape index (κ2) is 7.26. The van der Waals surface area contributed by atoms with Crippen LogP contribution in [0.2, 0.25) is 0 Å². The molecule has 1 atom stereocenters. The third-order valence-electron chi connectivity index (χ3n) is 5.59. The summed E-state index contributed by atoms with van der Waals surface area (Å²) >= 11 is 0. The Hall–Kier alpha value is -2.49. The molecule has 0 bridgehead atoms. The van der Waals surface area contributed by atoms with Gasteiger partial charge in [0.25, 0.3) is 0 Å². The van der Waals surface area contributed by atoms with Crippen LogP contribution in [0.5, 0.6) is 17.2 Å². The molecule has 0 aromatic heterocycles. The molecule has 3 rings (SSSR count). The van der Waals surface area contributed by atoms with Gasteiger partial charge in [-0.25, -0.2) is 0 Å². The van der Waals surface area contributed by atoms with Crippen molar-refractivity contribution in [3.63, 3.8) is 0 Å². The van der Waals surface area contributed by atoms with E-state index in [1.54, 1.807) is 14.0 Å². The van der Waals surface area contributed by atoms with Crippen LogP contribution in [-0.2, 0) is 16.8 Å². The number of hydrogen-bond acceptors (Lipinski definition) is 4. The Morgan fingerprint density at radius 2 is 2.00 bits per heavy atom. The zero-order valence-electron chi connectivity index (χ0n) is 17.0. The van der Waals surface area contributed by atoms with Crippen LogP contribution in [0.4, 0.5) is 0 Å². The third kappa shape index (κ3) is 3.29. The van der Waals surface area contributed by atoms with E-state index in [1.807, 2.05) is 39.0 Å². The molecule has 0 fully saturated rings. The predicted octanol–water partition coefficient (Wildman–Crippen LogP) is 4.98. The summed E-state index contributed by atoms with van der Waals surface area (Å²) in [6.07, 6.45) is 2.00. The smallest absolute Gasteiger partial charge is 0.310 e. The van der Waals surface area contributed by atoms with Crippen molar-refractivity contribution in [3.05, 3.63) is 52.1 Å². The lowest BCUT2D eigenvalue weighted by atomic mass is 9.83. The first-order chi connectivity index (χ1) is 12.8. The summed E-state index contributed by atoms with van der Waals surface area (Å²) in [6.45, 7) is 9.91. The quantitative estimate of drug-likeness (QED) is 0.565. The van der Waals surface area contributed by atoms with Crippen LogP contribution in [0.3, 0.4) is 0 Å². The molecular weight excluding hydrogens is 340 g/mol. The third-order valence-corrected chi connectivity index (χ3v) is 5.59. The minimum atomic E-state index is -0.499.